The van der Waals surface area contributed by atoms with Crippen LogP contribution in [0.4, 0.5) is 0 Å². The van der Waals surface area contributed by atoms with Crippen LogP contribution >= 0.6 is 0 Å². The summed E-state index contributed by atoms with van der Waals surface area (Å²) in [5.74, 6) is 3.35. The smallest absolute Gasteiger partial charge is 0.123 e. The second-order valence-corrected chi connectivity index (χ2v) is 8.01. The average Bonchev–Trinajstić information content (AvgIpc) is 3.67. The van der Waals surface area contributed by atoms with Crippen molar-refractivity contribution in [2.75, 3.05) is 52.9 Å². The van der Waals surface area contributed by atoms with Crippen molar-refractivity contribution in [3.63, 3.8) is 0 Å². The number of benzene rings is 2. The lowest BCUT2D eigenvalue weighted by Gasteiger charge is -2.07. The van der Waals surface area contributed by atoms with Crippen LogP contribution < -0.4 is 18.9 Å². The molecule has 172 valence electrons. The van der Waals surface area contributed by atoms with Crippen LogP contribution in [0.25, 0.3) is 0 Å². The van der Waals surface area contributed by atoms with E-state index in [1.807, 2.05) is 48.5 Å². The molecule has 32 heavy (non-hydrogen) atoms. The minimum atomic E-state index is 0.282. The highest BCUT2D eigenvalue weighted by Crippen LogP contribution is 2.23. The third-order valence-electron chi connectivity index (χ3n) is 4.98. The Morgan fingerprint density at radius 3 is 1.12 bits per heavy atom. The zero-order valence-corrected chi connectivity index (χ0v) is 17.9. The highest BCUT2D eigenvalue weighted by Gasteiger charge is 2.25. The number of hydrogen-bond acceptors (Lipinski definition) is 8. The normalized spacial score (nSPS) is 26.2. The monoisotopic (exact) mass is 444 g/mol. The van der Waals surface area contributed by atoms with E-state index in [1.165, 1.54) is 0 Å². The van der Waals surface area contributed by atoms with Gasteiger partial charge >= 0.3 is 0 Å². The summed E-state index contributed by atoms with van der Waals surface area (Å²) in [5, 5.41) is 0. The molecule has 0 amide bonds. The minimum Gasteiger partial charge on any atom is -0.491 e. The highest BCUT2D eigenvalue weighted by molar-refractivity contribution is 5.33. The molecule has 0 bridgehead atoms. The molecule has 4 saturated heterocycles. The predicted molar refractivity (Wildman–Crippen MR) is 114 cm³/mol. The van der Waals surface area contributed by atoms with Gasteiger partial charge in [-0.05, 0) is 36.4 Å². The fourth-order valence-corrected chi connectivity index (χ4v) is 2.70. The van der Waals surface area contributed by atoms with Crippen molar-refractivity contribution < 1.29 is 37.9 Å². The Hall–Kier alpha value is -2.52. The molecule has 0 saturated carbocycles. The maximum absolute atomic E-state index is 5.56. The molecule has 0 N–H and O–H groups in total. The Morgan fingerprint density at radius 2 is 0.812 bits per heavy atom. The Kier molecular flexibility index (Phi) is 6.93. The highest BCUT2D eigenvalue weighted by atomic mass is 16.6. The van der Waals surface area contributed by atoms with E-state index in [4.69, 9.17) is 37.9 Å². The third-order valence-corrected chi connectivity index (χ3v) is 4.98. The van der Waals surface area contributed by atoms with E-state index in [0.29, 0.717) is 38.6 Å². The summed E-state index contributed by atoms with van der Waals surface area (Å²) < 4.78 is 42.4. The number of hydrogen-bond donors (Lipinski definition) is 0. The third kappa shape index (κ3) is 7.87. The summed E-state index contributed by atoms with van der Waals surface area (Å²) in [5.41, 5.74) is 0. The van der Waals surface area contributed by atoms with Crippen LogP contribution in [-0.4, -0.2) is 77.3 Å². The summed E-state index contributed by atoms with van der Waals surface area (Å²) in [4.78, 5) is 0. The SMILES string of the molecule is c1cc(OCC2CO2)cc(OCC2CO2)c1.c1cc(OCC2CO2)ccc1OCC1CO1. The molecule has 0 aliphatic carbocycles. The van der Waals surface area contributed by atoms with E-state index in [2.05, 4.69) is 0 Å². The van der Waals surface area contributed by atoms with Crippen molar-refractivity contribution in [3.05, 3.63) is 48.5 Å². The predicted octanol–water partition coefficient (Wildman–Crippen LogP) is 2.48. The van der Waals surface area contributed by atoms with E-state index < -0.39 is 0 Å². The molecule has 2 aromatic rings. The first-order valence-electron chi connectivity index (χ1n) is 11.0. The molecule has 4 atom stereocenters. The first kappa shape index (κ1) is 21.3. The first-order valence-corrected chi connectivity index (χ1v) is 11.0. The second-order valence-electron chi connectivity index (χ2n) is 8.01. The minimum absolute atomic E-state index is 0.282. The Bertz CT molecular complexity index is 775. The second kappa shape index (κ2) is 10.4. The van der Waals surface area contributed by atoms with Gasteiger partial charge in [-0.1, -0.05) is 6.07 Å². The molecule has 0 spiro atoms. The van der Waals surface area contributed by atoms with Crippen molar-refractivity contribution in [1.29, 1.82) is 0 Å². The average molecular weight is 444 g/mol. The van der Waals surface area contributed by atoms with E-state index >= 15 is 0 Å². The van der Waals surface area contributed by atoms with Gasteiger partial charge in [0, 0.05) is 6.07 Å². The molecule has 4 aliphatic rings. The number of epoxide rings is 4. The summed E-state index contributed by atoms with van der Waals surface area (Å²) in [6.45, 7) is 5.78. The van der Waals surface area contributed by atoms with Crippen molar-refractivity contribution in [3.8, 4) is 23.0 Å². The molecular formula is C24H28O8. The van der Waals surface area contributed by atoms with Crippen LogP contribution in [0.15, 0.2) is 48.5 Å². The maximum Gasteiger partial charge on any atom is 0.123 e. The maximum atomic E-state index is 5.56. The van der Waals surface area contributed by atoms with Gasteiger partial charge in [0.25, 0.3) is 0 Å². The molecule has 4 fully saturated rings. The Balaban J connectivity index is 0.000000135. The van der Waals surface area contributed by atoms with Gasteiger partial charge in [-0.2, -0.15) is 0 Å². The summed E-state index contributed by atoms with van der Waals surface area (Å²) >= 11 is 0. The van der Waals surface area contributed by atoms with E-state index in [9.17, 15) is 0 Å². The fraction of sp³-hybridized carbons (Fsp3) is 0.500. The van der Waals surface area contributed by atoms with E-state index in [-0.39, 0.29) is 12.2 Å². The molecular weight excluding hydrogens is 416 g/mol. The van der Waals surface area contributed by atoms with Gasteiger partial charge in [0.1, 0.15) is 73.8 Å². The lowest BCUT2D eigenvalue weighted by molar-refractivity contribution is 0.252. The quantitative estimate of drug-likeness (QED) is 0.462. The molecule has 8 nitrogen and oxygen atoms in total. The molecule has 4 unspecified atom stereocenters. The summed E-state index contributed by atoms with van der Waals surface area (Å²) in [6, 6.07) is 15.3. The number of ether oxygens (including phenoxy) is 8. The topological polar surface area (TPSA) is 87.0 Å². The molecule has 6 rings (SSSR count). The van der Waals surface area contributed by atoms with E-state index in [1.54, 1.807) is 0 Å². The van der Waals surface area contributed by atoms with Crippen LogP contribution in [0.3, 0.4) is 0 Å². The largest absolute Gasteiger partial charge is 0.491 e. The van der Waals surface area contributed by atoms with Gasteiger partial charge in [0.15, 0.2) is 0 Å². The van der Waals surface area contributed by atoms with Gasteiger partial charge < -0.3 is 37.9 Å². The van der Waals surface area contributed by atoms with Gasteiger partial charge in [-0.3, -0.25) is 0 Å². The standard InChI is InChI=1S/2C12H14O4/c1-2-10(14-6-12-8-16-12)4-3-9(1)13-5-11-7-15-11;1-2-9(13-5-11-7-15-11)4-10(3-1)14-6-12-8-16-12/h2*1-4,11-12H,5-8H2. The Morgan fingerprint density at radius 1 is 0.500 bits per heavy atom. The summed E-state index contributed by atoms with van der Waals surface area (Å²) in [7, 11) is 0. The van der Waals surface area contributed by atoms with Crippen LogP contribution in [0.5, 0.6) is 23.0 Å². The molecule has 2 aromatic carbocycles. The van der Waals surface area contributed by atoms with Crippen LogP contribution in [0, 0.1) is 0 Å². The fourth-order valence-electron chi connectivity index (χ4n) is 2.70. The van der Waals surface area contributed by atoms with Crippen LogP contribution in [0.1, 0.15) is 0 Å². The van der Waals surface area contributed by atoms with E-state index in [0.717, 1.165) is 49.4 Å². The zero-order valence-electron chi connectivity index (χ0n) is 17.9. The summed E-state index contributed by atoms with van der Waals surface area (Å²) in [6.07, 6.45) is 1.15. The lowest BCUT2D eigenvalue weighted by Crippen LogP contribution is -2.06. The van der Waals surface area contributed by atoms with Gasteiger partial charge in [0.2, 0.25) is 0 Å². The molecule has 0 radical (unpaired) electrons. The van der Waals surface area contributed by atoms with Gasteiger partial charge in [-0.15, -0.1) is 0 Å². The van der Waals surface area contributed by atoms with Crippen LogP contribution in [-0.2, 0) is 18.9 Å². The van der Waals surface area contributed by atoms with Crippen molar-refractivity contribution in [2.24, 2.45) is 0 Å². The molecule has 8 heteroatoms. The lowest BCUT2D eigenvalue weighted by atomic mass is 10.3. The van der Waals surface area contributed by atoms with Crippen molar-refractivity contribution in [2.45, 2.75) is 24.4 Å². The Labute approximate surface area is 187 Å². The van der Waals surface area contributed by atoms with Gasteiger partial charge in [0.05, 0.1) is 26.4 Å². The molecule has 0 aromatic heterocycles. The van der Waals surface area contributed by atoms with Crippen molar-refractivity contribution in [1.82, 2.24) is 0 Å². The van der Waals surface area contributed by atoms with Gasteiger partial charge in [-0.25, -0.2) is 0 Å². The van der Waals surface area contributed by atoms with Crippen LogP contribution in [0.2, 0.25) is 0 Å². The first-order chi connectivity index (χ1) is 15.8. The van der Waals surface area contributed by atoms with Crippen molar-refractivity contribution >= 4 is 0 Å². The zero-order chi connectivity index (χ0) is 21.6. The molecule has 4 heterocycles. The molecule has 4 aliphatic heterocycles. The number of rotatable bonds is 12.